The molecule has 0 aromatic rings. The van der Waals surface area contributed by atoms with Crippen LogP contribution in [-0.2, 0) is 23.9 Å². The lowest BCUT2D eigenvalue weighted by Gasteiger charge is -2.37. The molecule has 0 bridgehead atoms. The predicted octanol–water partition coefficient (Wildman–Crippen LogP) is 21.9. The average Bonchev–Trinajstić information content (AvgIpc) is 3.60. The molecule has 2 aliphatic carbocycles. The molecule has 0 aromatic carbocycles. The van der Waals surface area contributed by atoms with Gasteiger partial charge in [-0.15, -0.1) is 0 Å². The lowest BCUT2D eigenvalue weighted by atomic mass is 9.66. The zero-order valence-electron chi connectivity index (χ0n) is 51.9. The van der Waals surface area contributed by atoms with Gasteiger partial charge in [0.1, 0.15) is 12.2 Å². The monoisotopic (exact) mass is 1060 g/mol. The second kappa shape index (κ2) is 40.2. The third kappa shape index (κ3) is 30.8. The largest absolute Gasteiger partial charge is 0.462 e. The maximum atomic E-state index is 13.7. The van der Waals surface area contributed by atoms with Gasteiger partial charge in [-0.2, -0.15) is 0 Å². The van der Waals surface area contributed by atoms with E-state index in [4.69, 9.17) is 9.47 Å². The number of esters is 2. The first-order valence-electron chi connectivity index (χ1n) is 31.5. The highest BCUT2D eigenvalue weighted by Gasteiger charge is 2.54. The van der Waals surface area contributed by atoms with E-state index < -0.39 is 5.41 Å². The second-order valence-corrected chi connectivity index (χ2v) is 25.1. The van der Waals surface area contributed by atoms with Crippen LogP contribution in [0.15, 0.2) is 119 Å². The molecule has 0 unspecified atom stereocenters. The van der Waals surface area contributed by atoms with Crippen molar-refractivity contribution in [2.45, 2.75) is 301 Å². The molecule has 0 aromatic heterocycles. The van der Waals surface area contributed by atoms with Gasteiger partial charge in [-0.1, -0.05) is 309 Å². The summed E-state index contributed by atoms with van der Waals surface area (Å²) in [6.45, 7) is 25.9. The highest BCUT2D eigenvalue weighted by molar-refractivity contribution is 5.96. The number of carbonyl (C=O) groups excluding carboxylic acids is 3. The van der Waals surface area contributed by atoms with E-state index in [2.05, 4.69) is 130 Å². The summed E-state index contributed by atoms with van der Waals surface area (Å²) in [4.78, 5) is 39.3. The average molecular weight is 1060 g/mol. The molecule has 1 saturated carbocycles. The number of hydrogen-bond donors (Lipinski definition) is 0. The van der Waals surface area contributed by atoms with E-state index in [9.17, 15) is 14.4 Å². The number of carbonyl (C=O) groups is 3. The van der Waals surface area contributed by atoms with Gasteiger partial charge in [0.05, 0.1) is 0 Å². The van der Waals surface area contributed by atoms with Crippen molar-refractivity contribution >= 4 is 17.7 Å². The molecule has 0 saturated heterocycles. The molecule has 0 amide bonds. The molecule has 0 aliphatic heterocycles. The van der Waals surface area contributed by atoms with Crippen molar-refractivity contribution in [2.24, 2.45) is 16.2 Å². The summed E-state index contributed by atoms with van der Waals surface area (Å²) in [5.74, 6) is -0.0581. The van der Waals surface area contributed by atoms with Crippen molar-refractivity contribution in [1.82, 2.24) is 0 Å². The summed E-state index contributed by atoms with van der Waals surface area (Å²) in [6, 6.07) is 0. The van der Waals surface area contributed by atoms with E-state index in [0.717, 1.165) is 55.2 Å². The fourth-order valence-electron chi connectivity index (χ4n) is 11.4. The van der Waals surface area contributed by atoms with Gasteiger partial charge in [-0.05, 0) is 89.2 Å². The van der Waals surface area contributed by atoms with Crippen LogP contribution in [0.25, 0.3) is 0 Å². The third-order valence-corrected chi connectivity index (χ3v) is 16.7. The zero-order valence-corrected chi connectivity index (χ0v) is 51.9. The molecule has 2 aliphatic rings. The first kappa shape index (κ1) is 69.1. The lowest BCUT2D eigenvalue weighted by Crippen LogP contribution is -2.36. The van der Waals surface area contributed by atoms with Gasteiger partial charge >= 0.3 is 11.9 Å². The number of allylic oxidation sites excluding steroid dienone is 19. The summed E-state index contributed by atoms with van der Waals surface area (Å²) >= 11 is 0. The SMILES string of the molecule is CCCCCCCCCCCCCCCC(=O)O[C@@H]1CC(C)=C(/C=C/C(C)=C/C=C/C(C)=C/C=C/C=C(C)/C=C/C=C(C)/C=C/C(=O)[C@]2(C)C[C@@H](OC(=O)CCCCCCCCCCCCCCC)CC2(C)C)C(C)(C)C1. The number of rotatable bonds is 41. The van der Waals surface area contributed by atoms with Gasteiger partial charge in [-0.25, -0.2) is 0 Å². The Bertz CT molecular complexity index is 2020. The standard InChI is InChI=1S/C72H116O5/c1-13-15-17-19-21-23-25-27-29-31-33-35-37-49-68(74)76-64-55-63(7)66(70(8,9)56-64)53-51-61(5)47-41-45-59(3)43-39-40-44-60(4)46-42-48-62(6)52-54-67(73)72(12)58-65(57-71(72,10)11)77-69(75)50-38-36-34-32-30-28-26-24-22-20-18-16-14-2/h39-48,51-54,64-65H,13-38,49-50,55-58H2,1-12H3/b40-39+,45-41+,46-42+,53-51+,54-52+,59-43+,60-44+,61-47+,62-48+/t64-,65+,72+/m1/s1. The van der Waals surface area contributed by atoms with Gasteiger partial charge in [0.15, 0.2) is 5.78 Å². The van der Waals surface area contributed by atoms with E-state index in [1.165, 1.54) is 158 Å². The van der Waals surface area contributed by atoms with Crippen LogP contribution >= 0.6 is 0 Å². The van der Waals surface area contributed by atoms with Gasteiger partial charge in [-0.3, -0.25) is 14.4 Å². The molecule has 2 rings (SSSR count). The first-order valence-corrected chi connectivity index (χ1v) is 31.5. The Morgan fingerprint density at radius 1 is 0.442 bits per heavy atom. The van der Waals surface area contributed by atoms with Gasteiger partial charge in [0.2, 0.25) is 0 Å². The number of ether oxygens (including phenoxy) is 2. The van der Waals surface area contributed by atoms with E-state index in [0.29, 0.717) is 25.7 Å². The van der Waals surface area contributed by atoms with Crippen LogP contribution in [0.4, 0.5) is 0 Å². The van der Waals surface area contributed by atoms with Crippen LogP contribution in [0.5, 0.6) is 0 Å². The van der Waals surface area contributed by atoms with E-state index >= 15 is 0 Å². The molecule has 77 heavy (non-hydrogen) atoms. The third-order valence-electron chi connectivity index (χ3n) is 16.7. The normalized spacial score (nSPS) is 20.6. The molecule has 434 valence electrons. The molecule has 1 fully saturated rings. The van der Waals surface area contributed by atoms with Gasteiger partial charge < -0.3 is 9.47 Å². The highest BCUT2D eigenvalue weighted by atomic mass is 16.5. The van der Waals surface area contributed by atoms with Crippen molar-refractivity contribution in [3.05, 3.63) is 119 Å². The van der Waals surface area contributed by atoms with Gasteiger partial charge in [0.25, 0.3) is 0 Å². The van der Waals surface area contributed by atoms with Crippen molar-refractivity contribution in [1.29, 1.82) is 0 Å². The molecule has 0 heterocycles. The number of unbranched alkanes of at least 4 members (excludes halogenated alkanes) is 24. The topological polar surface area (TPSA) is 69.7 Å². The van der Waals surface area contributed by atoms with Crippen LogP contribution < -0.4 is 0 Å². The van der Waals surface area contributed by atoms with E-state index in [1.54, 1.807) is 6.08 Å². The summed E-state index contributed by atoms with van der Waals surface area (Å²) in [5.41, 5.74) is 6.17. The summed E-state index contributed by atoms with van der Waals surface area (Å²) in [7, 11) is 0. The summed E-state index contributed by atoms with van der Waals surface area (Å²) < 4.78 is 12.0. The quantitative estimate of drug-likeness (QED) is 0.0264. The van der Waals surface area contributed by atoms with Crippen LogP contribution in [0.1, 0.15) is 289 Å². The van der Waals surface area contributed by atoms with Crippen LogP contribution in [-0.4, -0.2) is 29.9 Å². The molecule has 0 N–H and O–H groups in total. The van der Waals surface area contributed by atoms with Crippen molar-refractivity contribution in [3.63, 3.8) is 0 Å². The first-order chi connectivity index (χ1) is 36.8. The Balaban J connectivity index is 1.73. The van der Waals surface area contributed by atoms with Crippen LogP contribution in [0.2, 0.25) is 0 Å². The maximum absolute atomic E-state index is 13.7. The number of ketones is 1. The van der Waals surface area contributed by atoms with E-state index in [-0.39, 0.29) is 40.8 Å². The molecular weight excluding hydrogens is 945 g/mol. The second-order valence-electron chi connectivity index (χ2n) is 25.1. The Morgan fingerprint density at radius 3 is 1.22 bits per heavy atom. The van der Waals surface area contributed by atoms with Crippen molar-refractivity contribution < 1.29 is 23.9 Å². The Morgan fingerprint density at radius 2 is 0.805 bits per heavy atom. The van der Waals surface area contributed by atoms with Crippen LogP contribution in [0, 0.1) is 16.2 Å². The van der Waals surface area contributed by atoms with E-state index in [1.807, 2.05) is 32.1 Å². The smallest absolute Gasteiger partial charge is 0.306 e. The molecule has 5 nitrogen and oxygen atoms in total. The highest BCUT2D eigenvalue weighted by Crippen LogP contribution is 2.54. The molecule has 0 spiro atoms. The predicted molar refractivity (Wildman–Crippen MR) is 333 cm³/mol. The Labute approximate surface area is 474 Å². The lowest BCUT2D eigenvalue weighted by molar-refractivity contribution is -0.151. The number of hydrogen-bond acceptors (Lipinski definition) is 5. The molecule has 5 heteroatoms. The minimum absolute atomic E-state index is 0.0325. The zero-order chi connectivity index (χ0) is 56.8. The van der Waals surface area contributed by atoms with Crippen LogP contribution in [0.3, 0.4) is 0 Å². The minimum atomic E-state index is -0.594. The fourth-order valence-corrected chi connectivity index (χ4v) is 11.4. The Hall–Kier alpha value is -3.99. The Kier molecular flexibility index (Phi) is 36.1. The van der Waals surface area contributed by atoms with Crippen molar-refractivity contribution in [3.8, 4) is 0 Å². The summed E-state index contributed by atoms with van der Waals surface area (Å²) in [5, 5.41) is 0. The summed E-state index contributed by atoms with van der Waals surface area (Å²) in [6.07, 6.45) is 66.1. The van der Waals surface area contributed by atoms with Gasteiger partial charge in [0, 0.05) is 24.7 Å². The maximum Gasteiger partial charge on any atom is 0.306 e. The van der Waals surface area contributed by atoms with Crippen molar-refractivity contribution in [2.75, 3.05) is 0 Å². The minimum Gasteiger partial charge on any atom is -0.462 e. The molecule has 3 atom stereocenters. The molecule has 0 radical (unpaired) electrons. The molecular formula is C72H116O5. The fraction of sp³-hybridized carbons (Fsp3) is 0.681.